The molecule has 1 atom stereocenters. The molecule has 1 aromatic heterocycles. The Labute approximate surface area is 279 Å². The van der Waals surface area contributed by atoms with Gasteiger partial charge in [0.15, 0.2) is 5.58 Å². The van der Waals surface area contributed by atoms with Crippen LogP contribution >= 0.6 is 11.8 Å². The van der Waals surface area contributed by atoms with Gasteiger partial charge in [-0.1, -0.05) is 72.8 Å². The number of hydrogen-bond donors (Lipinski definition) is 3. The SMILES string of the molecule is O=C(O)c1cccc2cccc(C(=O)Nc3cccc(SC(C(=O)Nc4ccc(-c5nc6ccccc6o5)cc4)c4ccccc4)c3)c12. The van der Waals surface area contributed by atoms with Crippen LogP contribution in [0.25, 0.3) is 33.3 Å². The van der Waals surface area contributed by atoms with Crippen LogP contribution in [-0.2, 0) is 4.79 Å². The zero-order chi connectivity index (χ0) is 33.0. The van der Waals surface area contributed by atoms with Crippen LogP contribution < -0.4 is 10.6 Å². The first kappa shape index (κ1) is 30.5. The van der Waals surface area contributed by atoms with Gasteiger partial charge in [0.2, 0.25) is 11.8 Å². The normalized spacial score (nSPS) is 11.7. The second-order valence-electron chi connectivity index (χ2n) is 11.0. The smallest absolute Gasteiger partial charge is 0.336 e. The van der Waals surface area contributed by atoms with Crippen molar-refractivity contribution in [3.63, 3.8) is 0 Å². The molecule has 6 aromatic carbocycles. The van der Waals surface area contributed by atoms with E-state index in [1.165, 1.54) is 17.8 Å². The van der Waals surface area contributed by atoms with E-state index >= 15 is 0 Å². The number of fused-ring (bicyclic) bond motifs is 2. The standard InChI is InChI=1S/C39H27N3O5S/c43-36(30-15-6-11-24-12-7-16-31(34(24)30)39(45)46)41-28-13-8-14-29(23-28)48-35(25-9-2-1-3-10-25)37(44)40-27-21-19-26(20-22-27)38-42-32-17-4-5-18-33(32)47-38/h1-23,35H,(H,40,44)(H,41,43)(H,45,46). The molecule has 0 aliphatic heterocycles. The lowest BCUT2D eigenvalue weighted by Gasteiger charge is -2.18. The summed E-state index contributed by atoms with van der Waals surface area (Å²) in [6.45, 7) is 0. The van der Waals surface area contributed by atoms with Gasteiger partial charge >= 0.3 is 5.97 Å². The van der Waals surface area contributed by atoms with E-state index in [9.17, 15) is 19.5 Å². The third-order valence-corrected chi connectivity index (χ3v) is 9.01. The number of aromatic nitrogens is 1. The number of aromatic carboxylic acids is 1. The molecule has 1 unspecified atom stereocenters. The minimum Gasteiger partial charge on any atom is -0.478 e. The number of nitrogens with zero attached hydrogens (tertiary/aromatic N) is 1. The molecular weight excluding hydrogens is 623 g/mol. The highest BCUT2D eigenvalue weighted by atomic mass is 32.2. The molecule has 0 aliphatic carbocycles. The minimum absolute atomic E-state index is 0.0557. The van der Waals surface area contributed by atoms with Crippen LogP contribution in [0, 0.1) is 0 Å². The van der Waals surface area contributed by atoms with Gasteiger partial charge in [-0.05, 0) is 77.7 Å². The molecule has 0 radical (unpaired) electrons. The Morgan fingerprint density at radius 3 is 2.15 bits per heavy atom. The Balaban J connectivity index is 1.10. The summed E-state index contributed by atoms with van der Waals surface area (Å²) in [7, 11) is 0. The Hall–Kier alpha value is -6.19. The van der Waals surface area contributed by atoms with Crippen molar-refractivity contribution in [3.8, 4) is 11.5 Å². The van der Waals surface area contributed by atoms with Gasteiger partial charge in [0, 0.05) is 32.8 Å². The second kappa shape index (κ2) is 13.3. The van der Waals surface area contributed by atoms with Crippen LogP contribution in [0.1, 0.15) is 31.5 Å². The summed E-state index contributed by atoms with van der Waals surface area (Å²) < 4.78 is 5.88. The van der Waals surface area contributed by atoms with Crippen molar-refractivity contribution in [1.29, 1.82) is 0 Å². The van der Waals surface area contributed by atoms with E-state index in [1.54, 1.807) is 48.5 Å². The van der Waals surface area contributed by atoms with Crippen LogP contribution in [-0.4, -0.2) is 27.9 Å². The Morgan fingerprint density at radius 2 is 1.40 bits per heavy atom. The Bertz CT molecular complexity index is 2260. The van der Waals surface area contributed by atoms with E-state index in [0.29, 0.717) is 33.6 Å². The molecule has 1 heterocycles. The number of carboxylic acid groups (broad SMARTS) is 1. The van der Waals surface area contributed by atoms with Crippen molar-refractivity contribution in [2.75, 3.05) is 10.6 Å². The molecule has 2 amide bonds. The molecular formula is C39H27N3O5S. The molecule has 0 saturated carbocycles. The van der Waals surface area contributed by atoms with Crippen LogP contribution in [0.5, 0.6) is 0 Å². The van der Waals surface area contributed by atoms with Gasteiger partial charge in [0.1, 0.15) is 10.8 Å². The molecule has 0 bridgehead atoms. The molecule has 3 N–H and O–H groups in total. The lowest BCUT2D eigenvalue weighted by Crippen LogP contribution is -2.19. The van der Waals surface area contributed by atoms with Gasteiger partial charge in [-0.2, -0.15) is 0 Å². The number of nitrogens with one attached hydrogen (secondary N) is 2. The van der Waals surface area contributed by atoms with E-state index < -0.39 is 17.1 Å². The summed E-state index contributed by atoms with van der Waals surface area (Å²) in [5.41, 5.74) is 4.53. The van der Waals surface area contributed by atoms with Gasteiger partial charge in [0.05, 0.1) is 5.56 Å². The fourth-order valence-electron chi connectivity index (χ4n) is 5.49. The van der Waals surface area contributed by atoms with E-state index in [0.717, 1.165) is 21.5 Å². The van der Waals surface area contributed by atoms with Crippen molar-refractivity contribution in [1.82, 2.24) is 4.98 Å². The molecule has 0 aliphatic rings. The lowest BCUT2D eigenvalue weighted by atomic mass is 9.98. The number of oxazole rings is 1. The molecule has 234 valence electrons. The van der Waals surface area contributed by atoms with Crippen molar-refractivity contribution in [3.05, 3.63) is 156 Å². The summed E-state index contributed by atoms with van der Waals surface area (Å²) in [5.74, 6) is -1.26. The summed E-state index contributed by atoms with van der Waals surface area (Å²) in [6.07, 6.45) is 0. The molecule has 7 aromatic rings. The minimum atomic E-state index is -1.11. The maximum atomic E-state index is 13.8. The predicted octanol–water partition coefficient (Wildman–Crippen LogP) is 9.07. The monoisotopic (exact) mass is 649 g/mol. The number of amides is 2. The lowest BCUT2D eigenvalue weighted by molar-refractivity contribution is -0.115. The van der Waals surface area contributed by atoms with Gasteiger partial charge in [0.25, 0.3) is 5.91 Å². The third kappa shape index (κ3) is 6.40. The number of benzene rings is 6. The van der Waals surface area contributed by atoms with Crippen molar-refractivity contribution < 1.29 is 23.9 Å². The van der Waals surface area contributed by atoms with Gasteiger partial charge in [-0.15, -0.1) is 11.8 Å². The van der Waals surface area contributed by atoms with E-state index in [2.05, 4.69) is 15.6 Å². The number of rotatable bonds is 9. The number of thioether (sulfide) groups is 1. The quantitative estimate of drug-likeness (QED) is 0.133. The maximum absolute atomic E-state index is 13.8. The van der Waals surface area contributed by atoms with Crippen molar-refractivity contribution in [2.24, 2.45) is 0 Å². The van der Waals surface area contributed by atoms with Crippen LogP contribution in [0.3, 0.4) is 0 Å². The van der Waals surface area contributed by atoms with Crippen molar-refractivity contribution >= 4 is 62.8 Å². The van der Waals surface area contributed by atoms with E-state index in [4.69, 9.17) is 4.42 Å². The summed E-state index contributed by atoms with van der Waals surface area (Å²) in [4.78, 5) is 44.4. The van der Waals surface area contributed by atoms with Gasteiger partial charge < -0.3 is 20.2 Å². The van der Waals surface area contributed by atoms with Crippen LogP contribution in [0.2, 0.25) is 0 Å². The summed E-state index contributed by atoms with van der Waals surface area (Å²) in [5, 5.41) is 16.1. The maximum Gasteiger partial charge on any atom is 0.336 e. The van der Waals surface area contributed by atoms with Gasteiger partial charge in [-0.3, -0.25) is 9.59 Å². The second-order valence-corrected chi connectivity index (χ2v) is 12.1. The first-order chi connectivity index (χ1) is 23.4. The highest BCUT2D eigenvalue weighted by Crippen LogP contribution is 2.37. The highest BCUT2D eigenvalue weighted by molar-refractivity contribution is 8.00. The van der Waals surface area contributed by atoms with Crippen LogP contribution in [0.4, 0.5) is 11.4 Å². The molecule has 0 saturated heterocycles. The average Bonchev–Trinajstić information content (AvgIpc) is 3.55. The number of para-hydroxylation sites is 2. The molecule has 0 spiro atoms. The number of anilines is 2. The largest absolute Gasteiger partial charge is 0.478 e. The Morgan fingerprint density at radius 1 is 0.688 bits per heavy atom. The number of carbonyl (C=O) groups is 3. The average molecular weight is 650 g/mol. The van der Waals surface area contributed by atoms with Gasteiger partial charge in [-0.25, -0.2) is 9.78 Å². The zero-order valence-corrected chi connectivity index (χ0v) is 26.1. The molecule has 48 heavy (non-hydrogen) atoms. The zero-order valence-electron chi connectivity index (χ0n) is 25.3. The first-order valence-electron chi connectivity index (χ1n) is 15.1. The first-order valence-corrected chi connectivity index (χ1v) is 16.0. The summed E-state index contributed by atoms with van der Waals surface area (Å²) in [6, 6.07) is 41.6. The van der Waals surface area contributed by atoms with Crippen molar-refractivity contribution in [2.45, 2.75) is 10.1 Å². The van der Waals surface area contributed by atoms with Crippen LogP contribution in [0.15, 0.2) is 149 Å². The fourth-order valence-corrected chi connectivity index (χ4v) is 6.57. The Kier molecular flexibility index (Phi) is 8.42. The number of carbonyl (C=O) groups excluding carboxylic acids is 2. The predicted molar refractivity (Wildman–Crippen MR) is 188 cm³/mol. The fraction of sp³-hybridized carbons (Fsp3) is 0.0256. The third-order valence-electron chi connectivity index (χ3n) is 7.76. The molecule has 8 nitrogen and oxygen atoms in total. The molecule has 7 rings (SSSR count). The number of hydrogen-bond acceptors (Lipinski definition) is 6. The topological polar surface area (TPSA) is 122 Å². The van der Waals surface area contributed by atoms with E-state index in [-0.39, 0.29) is 17.0 Å². The molecule has 9 heteroatoms. The summed E-state index contributed by atoms with van der Waals surface area (Å²) >= 11 is 1.35. The highest BCUT2D eigenvalue weighted by Gasteiger charge is 2.23. The van der Waals surface area contributed by atoms with E-state index in [1.807, 2.05) is 84.9 Å². The molecule has 0 fully saturated rings. The number of carboxylic acids is 1.